The van der Waals surface area contributed by atoms with Gasteiger partial charge >= 0.3 is 7.12 Å². The molecule has 1 rings (SSSR count). The summed E-state index contributed by atoms with van der Waals surface area (Å²) in [7, 11) is -3.55. The summed E-state index contributed by atoms with van der Waals surface area (Å²) >= 11 is 0. The second-order valence-electron chi connectivity index (χ2n) is 4.27. The van der Waals surface area contributed by atoms with Gasteiger partial charge in [-0.3, -0.25) is 0 Å². The van der Waals surface area contributed by atoms with E-state index in [0.717, 1.165) is 6.07 Å². The number of benzene rings is 1. The summed E-state index contributed by atoms with van der Waals surface area (Å²) in [6.07, 6.45) is 0. The summed E-state index contributed by atoms with van der Waals surface area (Å²) in [5.41, 5.74) is 0.0671. The van der Waals surface area contributed by atoms with Crippen LogP contribution in [0.25, 0.3) is 0 Å². The van der Waals surface area contributed by atoms with Crippen LogP contribution in [0.3, 0.4) is 0 Å². The summed E-state index contributed by atoms with van der Waals surface area (Å²) in [5.74, 6) is -0.174. The molecule has 0 aromatic heterocycles. The van der Waals surface area contributed by atoms with Crippen LogP contribution in [0, 0.1) is 5.82 Å². The third-order valence-electron chi connectivity index (χ3n) is 1.67. The first-order valence-electron chi connectivity index (χ1n) is 4.64. The van der Waals surface area contributed by atoms with Crippen LogP contribution in [0.2, 0.25) is 19.6 Å². The lowest BCUT2D eigenvalue weighted by Crippen LogP contribution is -2.37. The maximum Gasteiger partial charge on any atom is 0.492 e. The molecular formula is C9H14BFO3Si. The summed E-state index contributed by atoms with van der Waals surface area (Å²) < 4.78 is 18.5. The molecular weight excluding hydrogens is 214 g/mol. The highest BCUT2D eigenvalue weighted by Crippen LogP contribution is 2.14. The first kappa shape index (κ1) is 12.2. The smallest absolute Gasteiger partial charge is 0.492 e. The van der Waals surface area contributed by atoms with Crippen LogP contribution in [0.5, 0.6) is 5.75 Å². The molecule has 0 aliphatic heterocycles. The maximum atomic E-state index is 12.9. The maximum absolute atomic E-state index is 12.9. The van der Waals surface area contributed by atoms with Gasteiger partial charge in [-0.05, 0) is 37.8 Å². The van der Waals surface area contributed by atoms with Gasteiger partial charge in [-0.1, -0.05) is 0 Å². The van der Waals surface area contributed by atoms with Gasteiger partial charge in [-0.2, -0.15) is 0 Å². The van der Waals surface area contributed by atoms with Crippen molar-refractivity contribution in [3.8, 4) is 5.75 Å². The third-order valence-corrected chi connectivity index (χ3v) is 2.50. The number of halogens is 1. The number of hydrogen-bond donors (Lipinski definition) is 2. The molecule has 0 spiro atoms. The molecule has 0 aliphatic rings. The molecule has 0 aliphatic carbocycles. The van der Waals surface area contributed by atoms with Crippen molar-refractivity contribution in [1.29, 1.82) is 0 Å². The van der Waals surface area contributed by atoms with Crippen LogP contribution in [-0.2, 0) is 0 Å². The zero-order chi connectivity index (χ0) is 11.6. The highest BCUT2D eigenvalue weighted by atomic mass is 28.4. The van der Waals surface area contributed by atoms with E-state index in [0.29, 0.717) is 5.75 Å². The molecule has 0 fully saturated rings. The Hall–Kier alpha value is -0.848. The Labute approximate surface area is 89.8 Å². The monoisotopic (exact) mass is 228 g/mol. The molecule has 82 valence electrons. The molecule has 15 heavy (non-hydrogen) atoms. The van der Waals surface area contributed by atoms with Gasteiger partial charge in [0.2, 0.25) is 8.32 Å². The Balaban J connectivity index is 3.06. The fourth-order valence-corrected chi connectivity index (χ4v) is 1.99. The van der Waals surface area contributed by atoms with E-state index in [1.807, 2.05) is 19.6 Å². The van der Waals surface area contributed by atoms with Crippen LogP contribution in [0.15, 0.2) is 18.2 Å². The second-order valence-corrected chi connectivity index (χ2v) is 8.70. The lowest BCUT2D eigenvalue weighted by molar-refractivity contribution is 0.423. The van der Waals surface area contributed by atoms with E-state index in [1.54, 1.807) is 0 Å². The van der Waals surface area contributed by atoms with Crippen molar-refractivity contribution in [2.45, 2.75) is 19.6 Å². The summed E-state index contributed by atoms with van der Waals surface area (Å²) in [4.78, 5) is 0. The fraction of sp³-hybridized carbons (Fsp3) is 0.333. The molecule has 0 unspecified atom stereocenters. The molecule has 0 saturated heterocycles. The van der Waals surface area contributed by atoms with Gasteiger partial charge in [0, 0.05) is 5.46 Å². The molecule has 1 aromatic rings. The average molecular weight is 228 g/mol. The van der Waals surface area contributed by atoms with Crippen LogP contribution in [0.1, 0.15) is 0 Å². The van der Waals surface area contributed by atoms with Gasteiger partial charge in [-0.15, -0.1) is 0 Å². The zero-order valence-electron chi connectivity index (χ0n) is 8.99. The van der Waals surface area contributed by atoms with Crippen LogP contribution < -0.4 is 9.89 Å². The van der Waals surface area contributed by atoms with Crippen molar-refractivity contribution in [2.75, 3.05) is 0 Å². The van der Waals surface area contributed by atoms with Crippen LogP contribution in [-0.4, -0.2) is 25.5 Å². The standard InChI is InChI=1S/C9H14BFO3Si/c1-15(2,3)14-9-5-4-7(11)6-8(9)10(12)13/h4-6,12-13H,1-3H3. The number of rotatable bonds is 3. The first-order valence-corrected chi connectivity index (χ1v) is 8.05. The van der Waals surface area contributed by atoms with Gasteiger partial charge in [0.05, 0.1) is 0 Å². The van der Waals surface area contributed by atoms with E-state index in [1.165, 1.54) is 12.1 Å². The molecule has 1 aromatic carbocycles. The lowest BCUT2D eigenvalue weighted by atomic mass is 9.79. The molecule has 0 atom stereocenters. The topological polar surface area (TPSA) is 49.7 Å². The highest BCUT2D eigenvalue weighted by Gasteiger charge is 2.23. The van der Waals surface area contributed by atoms with Crippen molar-refractivity contribution < 1.29 is 18.9 Å². The lowest BCUT2D eigenvalue weighted by Gasteiger charge is -2.21. The minimum atomic E-state index is -1.84. The van der Waals surface area contributed by atoms with E-state index >= 15 is 0 Å². The van der Waals surface area contributed by atoms with Crippen molar-refractivity contribution in [1.82, 2.24) is 0 Å². The number of hydrogen-bond acceptors (Lipinski definition) is 3. The molecule has 3 nitrogen and oxygen atoms in total. The predicted octanol–water partition coefficient (Wildman–Crippen LogP) is 0.719. The Bertz CT molecular complexity index is 352. The van der Waals surface area contributed by atoms with E-state index in [9.17, 15) is 4.39 Å². The van der Waals surface area contributed by atoms with Gasteiger partial charge in [0.1, 0.15) is 11.6 Å². The van der Waals surface area contributed by atoms with Crippen molar-refractivity contribution in [2.24, 2.45) is 0 Å². The van der Waals surface area contributed by atoms with Gasteiger partial charge in [0.25, 0.3) is 0 Å². The Morgan fingerprint density at radius 2 is 1.87 bits per heavy atom. The molecule has 0 amide bonds. The summed E-state index contributed by atoms with van der Waals surface area (Å²) in [5, 5.41) is 18.1. The largest absolute Gasteiger partial charge is 0.545 e. The molecule has 0 bridgehead atoms. The molecule has 0 radical (unpaired) electrons. The molecule has 2 N–H and O–H groups in total. The first-order chi connectivity index (χ1) is 6.79. The highest BCUT2D eigenvalue weighted by molar-refractivity contribution is 6.71. The van der Waals surface area contributed by atoms with Gasteiger partial charge in [0.15, 0.2) is 0 Å². The second kappa shape index (κ2) is 4.34. The Morgan fingerprint density at radius 1 is 1.27 bits per heavy atom. The Kier molecular flexibility index (Phi) is 3.54. The zero-order valence-corrected chi connectivity index (χ0v) is 9.99. The van der Waals surface area contributed by atoms with E-state index in [2.05, 4.69) is 0 Å². The molecule has 0 saturated carbocycles. The SMILES string of the molecule is C[Si](C)(C)Oc1ccc(F)cc1B(O)O. The minimum absolute atomic E-state index is 0.0671. The summed E-state index contributed by atoms with van der Waals surface area (Å²) in [6.45, 7) is 5.89. The van der Waals surface area contributed by atoms with Crippen LogP contribution in [0.4, 0.5) is 4.39 Å². The Morgan fingerprint density at radius 3 is 2.33 bits per heavy atom. The predicted molar refractivity (Wildman–Crippen MR) is 60.2 cm³/mol. The van der Waals surface area contributed by atoms with Gasteiger partial charge in [-0.25, -0.2) is 4.39 Å². The molecule has 0 heterocycles. The quantitative estimate of drug-likeness (QED) is 0.749. The summed E-state index contributed by atoms with van der Waals surface area (Å²) in [6, 6.07) is 3.73. The van der Waals surface area contributed by atoms with Crippen molar-refractivity contribution in [3.63, 3.8) is 0 Å². The molecule has 6 heteroatoms. The minimum Gasteiger partial charge on any atom is -0.545 e. The van der Waals surface area contributed by atoms with Gasteiger partial charge < -0.3 is 14.5 Å². The van der Waals surface area contributed by atoms with Crippen molar-refractivity contribution >= 4 is 20.9 Å². The fourth-order valence-electron chi connectivity index (χ4n) is 1.14. The van der Waals surface area contributed by atoms with Crippen molar-refractivity contribution in [3.05, 3.63) is 24.0 Å². The van der Waals surface area contributed by atoms with E-state index in [-0.39, 0.29) is 5.46 Å². The average Bonchev–Trinajstić information content (AvgIpc) is 2.05. The van der Waals surface area contributed by atoms with E-state index < -0.39 is 21.3 Å². The third kappa shape index (κ3) is 3.66. The van der Waals surface area contributed by atoms with E-state index in [4.69, 9.17) is 14.5 Å². The van der Waals surface area contributed by atoms with Crippen LogP contribution >= 0.6 is 0 Å². The normalized spacial score (nSPS) is 11.3.